The number of carbonyl (C=O) groups excluding carboxylic acids is 1. The van der Waals surface area contributed by atoms with E-state index < -0.39 is 0 Å². The first-order valence-electron chi connectivity index (χ1n) is 10.2. The SMILES string of the molecule is CC[C@@H]1C(=O)N(C)c2cnc(-c3cc4ccccc4[nH]3)nc2N1C1CCCC1. The van der Waals surface area contributed by atoms with Crippen LogP contribution in [0.3, 0.4) is 0 Å². The van der Waals surface area contributed by atoms with Crippen molar-refractivity contribution in [1.82, 2.24) is 15.0 Å². The van der Waals surface area contributed by atoms with E-state index in [2.05, 4.69) is 40.0 Å². The minimum absolute atomic E-state index is 0.142. The molecule has 0 spiro atoms. The summed E-state index contributed by atoms with van der Waals surface area (Å²) in [5.74, 6) is 1.71. The highest BCUT2D eigenvalue weighted by Crippen LogP contribution is 2.40. The van der Waals surface area contributed by atoms with Gasteiger partial charge in [0.2, 0.25) is 5.91 Å². The summed E-state index contributed by atoms with van der Waals surface area (Å²) >= 11 is 0. The number of aromatic amines is 1. The Kier molecular flexibility index (Phi) is 4.07. The quantitative estimate of drug-likeness (QED) is 0.748. The molecule has 2 aromatic heterocycles. The highest BCUT2D eigenvalue weighted by atomic mass is 16.2. The number of rotatable bonds is 3. The number of para-hydroxylation sites is 1. The number of H-pyrrole nitrogens is 1. The molecule has 1 amide bonds. The third kappa shape index (κ3) is 2.58. The van der Waals surface area contributed by atoms with Crippen molar-refractivity contribution in [3.05, 3.63) is 36.5 Å². The van der Waals surface area contributed by atoms with Gasteiger partial charge >= 0.3 is 0 Å². The molecule has 1 aliphatic carbocycles. The molecular formula is C22H25N5O. The van der Waals surface area contributed by atoms with E-state index in [1.807, 2.05) is 19.2 Å². The summed E-state index contributed by atoms with van der Waals surface area (Å²) in [5, 5.41) is 1.14. The van der Waals surface area contributed by atoms with Crippen LogP contribution in [-0.2, 0) is 4.79 Å². The number of aromatic nitrogens is 3. The lowest BCUT2D eigenvalue weighted by Crippen LogP contribution is -2.55. The highest BCUT2D eigenvalue weighted by molar-refractivity contribution is 6.04. The fourth-order valence-electron chi connectivity index (χ4n) is 4.71. The van der Waals surface area contributed by atoms with Crippen molar-refractivity contribution in [1.29, 1.82) is 0 Å². The number of hydrogen-bond donors (Lipinski definition) is 1. The normalized spacial score (nSPS) is 20.2. The van der Waals surface area contributed by atoms with Crippen LogP contribution in [-0.4, -0.2) is 40.0 Å². The van der Waals surface area contributed by atoms with Gasteiger partial charge in [-0.15, -0.1) is 0 Å². The molecule has 0 bridgehead atoms. The number of anilines is 2. The summed E-state index contributed by atoms with van der Waals surface area (Å²) in [7, 11) is 1.84. The first-order chi connectivity index (χ1) is 13.7. The molecule has 6 heteroatoms. The summed E-state index contributed by atoms with van der Waals surface area (Å²) in [4.78, 5) is 30.0. The van der Waals surface area contributed by atoms with Crippen LogP contribution >= 0.6 is 0 Å². The third-order valence-electron chi connectivity index (χ3n) is 6.18. The van der Waals surface area contributed by atoms with Crippen molar-refractivity contribution in [3.8, 4) is 11.5 Å². The molecule has 144 valence electrons. The second-order valence-electron chi connectivity index (χ2n) is 7.84. The lowest BCUT2D eigenvalue weighted by Gasteiger charge is -2.43. The monoisotopic (exact) mass is 375 g/mol. The minimum Gasteiger partial charge on any atom is -0.352 e. The maximum atomic E-state index is 13.0. The Morgan fingerprint density at radius 3 is 2.75 bits per heavy atom. The molecule has 3 heterocycles. The molecule has 1 N–H and O–H groups in total. The highest BCUT2D eigenvalue weighted by Gasteiger charge is 2.41. The summed E-state index contributed by atoms with van der Waals surface area (Å²) in [6.07, 6.45) is 7.27. The molecule has 6 nitrogen and oxygen atoms in total. The van der Waals surface area contributed by atoms with Gasteiger partial charge in [0.1, 0.15) is 11.7 Å². The largest absolute Gasteiger partial charge is 0.352 e. The van der Waals surface area contributed by atoms with Crippen LogP contribution in [0.2, 0.25) is 0 Å². The Bertz CT molecular complexity index is 1000. The lowest BCUT2D eigenvalue weighted by atomic mass is 10.0. The van der Waals surface area contributed by atoms with Crippen LogP contribution in [0.15, 0.2) is 36.5 Å². The van der Waals surface area contributed by atoms with Crippen LogP contribution in [0.25, 0.3) is 22.4 Å². The minimum atomic E-state index is -0.147. The molecule has 3 aromatic rings. The molecule has 1 aliphatic heterocycles. The van der Waals surface area contributed by atoms with Gasteiger partial charge in [0, 0.05) is 24.0 Å². The molecule has 28 heavy (non-hydrogen) atoms. The molecule has 1 saturated carbocycles. The second-order valence-corrected chi connectivity index (χ2v) is 7.84. The number of nitrogens with one attached hydrogen (secondary N) is 1. The Balaban J connectivity index is 1.64. The van der Waals surface area contributed by atoms with Crippen molar-refractivity contribution in [2.45, 2.75) is 51.1 Å². The zero-order chi connectivity index (χ0) is 19.3. The van der Waals surface area contributed by atoms with E-state index in [1.165, 1.54) is 12.8 Å². The van der Waals surface area contributed by atoms with Gasteiger partial charge < -0.3 is 14.8 Å². The van der Waals surface area contributed by atoms with Crippen LogP contribution < -0.4 is 9.80 Å². The first-order valence-corrected chi connectivity index (χ1v) is 10.2. The van der Waals surface area contributed by atoms with E-state index in [-0.39, 0.29) is 11.9 Å². The van der Waals surface area contributed by atoms with Crippen molar-refractivity contribution in [2.75, 3.05) is 16.8 Å². The van der Waals surface area contributed by atoms with E-state index in [9.17, 15) is 4.79 Å². The van der Waals surface area contributed by atoms with E-state index in [0.717, 1.165) is 47.4 Å². The fraction of sp³-hybridized carbons (Fsp3) is 0.409. The Hall–Kier alpha value is -2.89. The van der Waals surface area contributed by atoms with Gasteiger partial charge in [-0.05, 0) is 31.4 Å². The predicted molar refractivity (Wildman–Crippen MR) is 112 cm³/mol. The predicted octanol–water partition coefficient (Wildman–Crippen LogP) is 4.13. The average Bonchev–Trinajstić information content (AvgIpc) is 3.39. The maximum absolute atomic E-state index is 13.0. The number of likely N-dealkylation sites (N-methyl/N-ethyl adjacent to an activating group) is 1. The second kappa shape index (κ2) is 6.62. The summed E-state index contributed by atoms with van der Waals surface area (Å²) < 4.78 is 0. The Morgan fingerprint density at radius 2 is 2.00 bits per heavy atom. The number of nitrogens with zero attached hydrogens (tertiary/aromatic N) is 4. The van der Waals surface area contributed by atoms with Crippen LogP contribution in [0.5, 0.6) is 0 Å². The van der Waals surface area contributed by atoms with Crippen molar-refractivity contribution in [3.63, 3.8) is 0 Å². The smallest absolute Gasteiger partial charge is 0.249 e. The van der Waals surface area contributed by atoms with Crippen LogP contribution in [0.1, 0.15) is 39.0 Å². The lowest BCUT2D eigenvalue weighted by molar-refractivity contribution is -0.120. The number of carbonyl (C=O) groups is 1. The molecular weight excluding hydrogens is 350 g/mol. The Labute approximate surface area is 164 Å². The fourth-order valence-corrected chi connectivity index (χ4v) is 4.71. The van der Waals surface area contributed by atoms with Crippen LogP contribution in [0.4, 0.5) is 11.5 Å². The topological polar surface area (TPSA) is 65.1 Å². The van der Waals surface area contributed by atoms with Crippen LogP contribution in [0, 0.1) is 0 Å². The number of fused-ring (bicyclic) bond motifs is 2. The molecule has 2 aliphatic rings. The van der Waals surface area contributed by atoms with E-state index >= 15 is 0 Å². The number of benzene rings is 1. The van der Waals surface area contributed by atoms with Crippen molar-refractivity contribution >= 4 is 28.3 Å². The molecule has 0 saturated heterocycles. The van der Waals surface area contributed by atoms with Crippen molar-refractivity contribution in [2.24, 2.45) is 0 Å². The maximum Gasteiger partial charge on any atom is 0.249 e. The standard InChI is InChI=1S/C22H25N5O/c1-3-18-22(28)26(2)19-13-23-20(17-12-14-8-4-7-11-16(14)24-17)25-21(19)27(18)15-9-5-6-10-15/h4,7-8,11-13,15,18,24H,3,5-6,9-10H2,1-2H3/t18-/m1/s1. The third-order valence-corrected chi connectivity index (χ3v) is 6.18. The zero-order valence-corrected chi connectivity index (χ0v) is 16.4. The molecule has 5 rings (SSSR count). The van der Waals surface area contributed by atoms with Gasteiger partial charge in [-0.3, -0.25) is 4.79 Å². The molecule has 1 atom stereocenters. The van der Waals surface area contributed by atoms with Gasteiger partial charge in [0.25, 0.3) is 0 Å². The van der Waals surface area contributed by atoms with Crippen molar-refractivity contribution < 1.29 is 4.79 Å². The van der Waals surface area contributed by atoms with Gasteiger partial charge in [0.15, 0.2) is 11.6 Å². The molecule has 0 radical (unpaired) electrons. The number of hydrogen-bond acceptors (Lipinski definition) is 4. The summed E-state index contributed by atoms with van der Waals surface area (Å²) in [6.45, 7) is 2.09. The van der Waals surface area contributed by atoms with Gasteiger partial charge in [-0.2, -0.15) is 0 Å². The van der Waals surface area contributed by atoms with Gasteiger partial charge in [-0.1, -0.05) is 38.0 Å². The first kappa shape index (κ1) is 17.2. The zero-order valence-electron chi connectivity index (χ0n) is 16.4. The van der Waals surface area contributed by atoms with Gasteiger partial charge in [0.05, 0.1) is 11.9 Å². The average molecular weight is 375 g/mol. The summed E-state index contributed by atoms with van der Waals surface area (Å²) in [6, 6.07) is 10.5. The number of amides is 1. The molecule has 1 fully saturated rings. The molecule has 1 aromatic carbocycles. The van der Waals surface area contributed by atoms with E-state index in [4.69, 9.17) is 4.98 Å². The van der Waals surface area contributed by atoms with E-state index in [0.29, 0.717) is 11.9 Å². The molecule has 0 unspecified atom stereocenters. The Morgan fingerprint density at radius 1 is 1.21 bits per heavy atom. The van der Waals surface area contributed by atoms with E-state index in [1.54, 1.807) is 11.1 Å². The summed E-state index contributed by atoms with van der Waals surface area (Å²) in [5.41, 5.74) is 2.79. The van der Waals surface area contributed by atoms with Gasteiger partial charge in [-0.25, -0.2) is 9.97 Å².